The number of hydrogen-bond donors (Lipinski definition) is 1. The van der Waals surface area contributed by atoms with Crippen LogP contribution in [0.25, 0.3) is 11.3 Å². The van der Waals surface area contributed by atoms with E-state index in [1.165, 1.54) is 0 Å². The molecule has 6 nitrogen and oxygen atoms in total. The largest absolute Gasteiger partial charge is 0.355 e. The molecule has 1 aromatic heterocycles. The molecule has 1 aromatic carbocycles. The molecular formula is C15H16N2O4S. The van der Waals surface area contributed by atoms with Gasteiger partial charge in [0.25, 0.3) is 5.91 Å². The molecule has 116 valence electrons. The SMILES string of the molecule is O=C(NC[C@@H]1CCS(=O)(=O)C1)c1cc(-c2ccccc2)on1. The Bertz CT molecular complexity index is 768. The number of rotatable bonds is 4. The summed E-state index contributed by atoms with van der Waals surface area (Å²) in [5.41, 5.74) is 1.04. The zero-order valence-electron chi connectivity index (χ0n) is 11.9. The zero-order valence-corrected chi connectivity index (χ0v) is 12.7. The van der Waals surface area contributed by atoms with Crippen molar-refractivity contribution >= 4 is 15.7 Å². The molecule has 1 fully saturated rings. The van der Waals surface area contributed by atoms with E-state index < -0.39 is 9.84 Å². The molecule has 1 aliphatic rings. The van der Waals surface area contributed by atoms with Gasteiger partial charge in [0.1, 0.15) is 0 Å². The van der Waals surface area contributed by atoms with E-state index in [1.54, 1.807) is 6.07 Å². The molecule has 1 aliphatic heterocycles. The molecule has 2 aromatic rings. The molecule has 0 radical (unpaired) electrons. The average molecular weight is 320 g/mol. The molecule has 22 heavy (non-hydrogen) atoms. The van der Waals surface area contributed by atoms with Crippen LogP contribution in [0.4, 0.5) is 0 Å². The first kappa shape index (κ1) is 14.8. The first-order valence-corrected chi connectivity index (χ1v) is 8.86. The molecule has 0 bridgehead atoms. The zero-order chi connectivity index (χ0) is 15.6. The van der Waals surface area contributed by atoms with Gasteiger partial charge in [-0.25, -0.2) is 8.42 Å². The van der Waals surface area contributed by atoms with E-state index in [-0.39, 0.29) is 29.0 Å². The van der Waals surface area contributed by atoms with Crippen LogP contribution in [0.1, 0.15) is 16.9 Å². The standard InChI is InChI=1S/C15H16N2O4S/c18-15(16-9-11-6-7-22(19,20)10-11)13-8-14(21-17-13)12-4-2-1-3-5-12/h1-5,8,11H,6-7,9-10H2,(H,16,18)/t11-/m0/s1. The van der Waals surface area contributed by atoms with Gasteiger partial charge in [0.15, 0.2) is 21.3 Å². The molecule has 0 aliphatic carbocycles. The van der Waals surface area contributed by atoms with Gasteiger partial charge in [-0.3, -0.25) is 4.79 Å². The Morgan fingerprint density at radius 2 is 2.09 bits per heavy atom. The molecular weight excluding hydrogens is 304 g/mol. The number of sulfone groups is 1. The number of hydrogen-bond acceptors (Lipinski definition) is 5. The van der Waals surface area contributed by atoms with Gasteiger partial charge in [-0.2, -0.15) is 0 Å². The molecule has 3 rings (SSSR count). The fourth-order valence-corrected chi connectivity index (χ4v) is 4.34. The summed E-state index contributed by atoms with van der Waals surface area (Å²) in [6.07, 6.45) is 0.594. The second-order valence-corrected chi connectivity index (χ2v) is 7.65. The van der Waals surface area contributed by atoms with Gasteiger partial charge in [0, 0.05) is 18.2 Å². The van der Waals surface area contributed by atoms with Gasteiger partial charge >= 0.3 is 0 Å². The highest BCUT2D eigenvalue weighted by Crippen LogP contribution is 2.20. The predicted molar refractivity (Wildman–Crippen MR) is 81.0 cm³/mol. The van der Waals surface area contributed by atoms with Crippen molar-refractivity contribution in [1.29, 1.82) is 0 Å². The van der Waals surface area contributed by atoms with Gasteiger partial charge in [0.2, 0.25) is 0 Å². The summed E-state index contributed by atoms with van der Waals surface area (Å²) in [7, 11) is -2.93. The summed E-state index contributed by atoms with van der Waals surface area (Å²) in [4.78, 5) is 12.0. The van der Waals surface area contributed by atoms with Gasteiger partial charge in [-0.15, -0.1) is 0 Å². The second-order valence-electron chi connectivity index (χ2n) is 5.42. The molecule has 0 unspecified atom stereocenters. The summed E-state index contributed by atoms with van der Waals surface area (Å²) in [5, 5.41) is 6.48. The highest BCUT2D eigenvalue weighted by Gasteiger charge is 2.28. The number of amides is 1. The molecule has 1 saturated heterocycles. The van der Waals surface area contributed by atoms with Gasteiger partial charge in [0.05, 0.1) is 11.5 Å². The molecule has 0 spiro atoms. The third kappa shape index (κ3) is 3.36. The summed E-state index contributed by atoms with van der Waals surface area (Å²) in [5.74, 6) is 0.496. The number of nitrogens with zero attached hydrogens (tertiary/aromatic N) is 1. The number of carbonyl (C=O) groups is 1. The molecule has 7 heteroatoms. The summed E-state index contributed by atoms with van der Waals surface area (Å²) in [6.45, 7) is 0.339. The van der Waals surface area contributed by atoms with Gasteiger partial charge in [-0.1, -0.05) is 35.5 Å². The quantitative estimate of drug-likeness (QED) is 0.922. The van der Waals surface area contributed by atoms with E-state index >= 15 is 0 Å². The van der Waals surface area contributed by atoms with Crippen LogP contribution in [-0.4, -0.2) is 37.5 Å². The first-order valence-electron chi connectivity index (χ1n) is 7.04. The molecule has 1 N–H and O–H groups in total. The van der Waals surface area contributed by atoms with Crippen LogP contribution >= 0.6 is 0 Å². The fraction of sp³-hybridized carbons (Fsp3) is 0.333. The molecule has 1 amide bonds. The number of aromatic nitrogens is 1. The number of nitrogens with one attached hydrogen (secondary N) is 1. The van der Waals surface area contributed by atoms with E-state index in [2.05, 4.69) is 10.5 Å². The Morgan fingerprint density at radius 3 is 2.77 bits per heavy atom. The van der Waals surface area contributed by atoms with Gasteiger partial charge in [-0.05, 0) is 12.3 Å². The van der Waals surface area contributed by atoms with Crippen LogP contribution in [0.15, 0.2) is 40.9 Å². The minimum Gasteiger partial charge on any atom is -0.355 e. The monoisotopic (exact) mass is 320 g/mol. The summed E-state index contributed by atoms with van der Waals surface area (Å²) in [6, 6.07) is 11.0. The Hall–Kier alpha value is -2.15. The predicted octanol–water partition coefficient (Wildman–Crippen LogP) is 1.51. The van der Waals surface area contributed by atoms with Crippen LogP contribution in [0, 0.1) is 5.92 Å². The van der Waals surface area contributed by atoms with Crippen molar-refractivity contribution in [3.8, 4) is 11.3 Å². The molecule has 1 atom stereocenters. The normalized spacial score (nSPS) is 19.9. The summed E-state index contributed by atoms with van der Waals surface area (Å²) < 4.78 is 27.9. The average Bonchev–Trinajstić information content (AvgIpc) is 3.12. The van der Waals surface area contributed by atoms with Crippen LogP contribution in [0.3, 0.4) is 0 Å². The number of benzene rings is 1. The van der Waals surface area contributed by atoms with E-state index in [0.29, 0.717) is 18.7 Å². The third-order valence-corrected chi connectivity index (χ3v) is 5.52. The Balaban J connectivity index is 1.60. The van der Waals surface area contributed by atoms with Crippen LogP contribution in [0.5, 0.6) is 0 Å². The van der Waals surface area contributed by atoms with E-state index in [4.69, 9.17) is 4.52 Å². The van der Waals surface area contributed by atoms with Crippen molar-refractivity contribution in [2.75, 3.05) is 18.1 Å². The number of carbonyl (C=O) groups excluding carboxylic acids is 1. The van der Waals surface area contributed by atoms with E-state index in [9.17, 15) is 13.2 Å². The van der Waals surface area contributed by atoms with Gasteiger partial charge < -0.3 is 9.84 Å². The fourth-order valence-electron chi connectivity index (χ4n) is 2.48. The van der Waals surface area contributed by atoms with Crippen LogP contribution in [-0.2, 0) is 9.84 Å². The van der Waals surface area contributed by atoms with Crippen LogP contribution in [0.2, 0.25) is 0 Å². The highest BCUT2D eigenvalue weighted by atomic mass is 32.2. The minimum absolute atomic E-state index is 0.0190. The van der Waals surface area contributed by atoms with Crippen molar-refractivity contribution in [2.45, 2.75) is 6.42 Å². The smallest absolute Gasteiger partial charge is 0.273 e. The first-order chi connectivity index (χ1) is 10.5. The second kappa shape index (κ2) is 5.92. The van der Waals surface area contributed by atoms with Crippen molar-refractivity contribution in [3.63, 3.8) is 0 Å². The maximum atomic E-state index is 12.0. The topological polar surface area (TPSA) is 89.3 Å². The minimum atomic E-state index is -2.93. The van der Waals surface area contributed by atoms with Crippen molar-refractivity contribution in [1.82, 2.24) is 10.5 Å². The van der Waals surface area contributed by atoms with Crippen LogP contribution < -0.4 is 5.32 Å². The highest BCUT2D eigenvalue weighted by molar-refractivity contribution is 7.91. The Kier molecular flexibility index (Phi) is 3.98. The lowest BCUT2D eigenvalue weighted by Gasteiger charge is -2.07. The lowest BCUT2D eigenvalue weighted by molar-refractivity contribution is 0.0939. The third-order valence-electron chi connectivity index (χ3n) is 3.68. The Morgan fingerprint density at radius 1 is 1.32 bits per heavy atom. The maximum absolute atomic E-state index is 12.0. The summed E-state index contributed by atoms with van der Waals surface area (Å²) >= 11 is 0. The lowest BCUT2D eigenvalue weighted by atomic mass is 10.1. The van der Waals surface area contributed by atoms with Crippen molar-refractivity contribution in [3.05, 3.63) is 42.1 Å². The van der Waals surface area contributed by atoms with E-state index in [1.807, 2.05) is 30.3 Å². The van der Waals surface area contributed by atoms with E-state index in [0.717, 1.165) is 5.56 Å². The molecule has 0 saturated carbocycles. The Labute approximate surface area is 128 Å². The maximum Gasteiger partial charge on any atom is 0.273 e. The van der Waals surface area contributed by atoms with Crippen molar-refractivity contribution < 1.29 is 17.7 Å². The molecule has 2 heterocycles. The van der Waals surface area contributed by atoms with Crippen molar-refractivity contribution in [2.24, 2.45) is 5.92 Å². The lowest BCUT2D eigenvalue weighted by Crippen LogP contribution is -2.30.